The Kier molecular flexibility index (Phi) is 8.61. The highest BCUT2D eigenvalue weighted by Crippen LogP contribution is 2.41. The van der Waals surface area contributed by atoms with E-state index >= 15 is 0 Å². The third kappa shape index (κ3) is 5.25. The minimum absolute atomic E-state index is 0.182. The van der Waals surface area contributed by atoms with Gasteiger partial charge in [-0.1, -0.05) is 58.9 Å². The van der Waals surface area contributed by atoms with Gasteiger partial charge in [0, 0.05) is 12.0 Å². The number of nitrogens with one attached hydrogen (secondary N) is 1. The number of benzene rings is 2. The van der Waals surface area contributed by atoms with Gasteiger partial charge in [-0.3, -0.25) is 9.59 Å². The first-order valence-corrected chi connectivity index (χ1v) is 11.3. The predicted molar refractivity (Wildman–Crippen MR) is 131 cm³/mol. The Morgan fingerprint density at radius 3 is 2.42 bits per heavy atom. The lowest BCUT2D eigenvalue weighted by Crippen LogP contribution is -2.17. The third-order valence-corrected chi connectivity index (χ3v) is 5.88. The molecule has 1 amide bonds. The molecule has 0 bridgehead atoms. The Hall–Kier alpha value is -2.88. The van der Waals surface area contributed by atoms with E-state index in [1.54, 1.807) is 6.20 Å². The van der Waals surface area contributed by atoms with Crippen molar-refractivity contribution in [2.24, 2.45) is 5.73 Å². The highest BCUT2D eigenvalue weighted by molar-refractivity contribution is 6.03. The molecule has 2 rings (SSSR count). The van der Waals surface area contributed by atoms with Crippen LogP contribution in [0.3, 0.4) is 0 Å². The monoisotopic (exact) mass is 420 g/mol. The molecule has 0 aliphatic rings. The Morgan fingerprint density at radius 2 is 1.87 bits per heavy atom. The molecule has 0 saturated heterocycles. The lowest BCUT2D eigenvalue weighted by molar-refractivity contribution is 0.0978. The van der Waals surface area contributed by atoms with Crippen LogP contribution < -0.4 is 11.1 Å². The Bertz CT molecular complexity index is 976. The molecule has 166 valence electrons. The van der Waals surface area contributed by atoms with E-state index in [0.29, 0.717) is 17.7 Å². The number of ketones is 1. The van der Waals surface area contributed by atoms with Crippen molar-refractivity contribution >= 4 is 17.4 Å². The lowest BCUT2D eigenvalue weighted by Gasteiger charge is -2.24. The van der Waals surface area contributed by atoms with Crippen LogP contribution in [0.25, 0.3) is 11.1 Å². The van der Waals surface area contributed by atoms with Crippen LogP contribution in [-0.4, -0.2) is 11.7 Å². The van der Waals surface area contributed by atoms with Crippen molar-refractivity contribution in [3.8, 4) is 11.1 Å². The summed E-state index contributed by atoms with van der Waals surface area (Å²) in [6.07, 6.45) is 5.72. The number of primary amides is 1. The Labute approximate surface area is 186 Å². The molecule has 4 heteroatoms. The number of hydrogen-bond acceptors (Lipinski definition) is 3. The fourth-order valence-electron chi connectivity index (χ4n) is 4.21. The van der Waals surface area contributed by atoms with Crippen LogP contribution in [0.1, 0.15) is 96.7 Å². The van der Waals surface area contributed by atoms with Crippen LogP contribution in [0, 0.1) is 6.92 Å². The smallest absolute Gasteiger partial charge is 0.251 e. The normalized spacial score (nSPS) is 11.8. The molecule has 0 aromatic heterocycles. The topological polar surface area (TPSA) is 72.2 Å². The quantitative estimate of drug-likeness (QED) is 0.394. The van der Waals surface area contributed by atoms with Crippen molar-refractivity contribution in [2.75, 3.05) is 5.32 Å². The fourth-order valence-corrected chi connectivity index (χ4v) is 4.21. The van der Waals surface area contributed by atoms with Gasteiger partial charge < -0.3 is 11.1 Å². The third-order valence-electron chi connectivity index (χ3n) is 5.88. The van der Waals surface area contributed by atoms with Gasteiger partial charge in [0.05, 0.1) is 11.3 Å². The first-order chi connectivity index (χ1) is 14.8. The highest BCUT2D eigenvalue weighted by Gasteiger charge is 2.24. The number of hydrogen-bond donors (Lipinski definition) is 2. The molecular weight excluding hydrogens is 384 g/mol. The van der Waals surface area contributed by atoms with Crippen LogP contribution in [0.2, 0.25) is 0 Å². The summed E-state index contributed by atoms with van der Waals surface area (Å²) in [5.74, 6) is -0.0934. The first kappa shape index (κ1) is 24.4. The van der Waals surface area contributed by atoms with Crippen molar-refractivity contribution in [1.29, 1.82) is 0 Å². The number of Topliss-reactive ketones (excluding diaryl/α,β-unsaturated/α-hetero) is 1. The maximum atomic E-state index is 12.9. The van der Waals surface area contributed by atoms with E-state index in [1.807, 2.05) is 26.0 Å². The first-order valence-electron chi connectivity index (χ1n) is 11.3. The summed E-state index contributed by atoms with van der Waals surface area (Å²) in [7, 11) is 0. The average Bonchev–Trinajstić information content (AvgIpc) is 2.73. The molecule has 0 radical (unpaired) electrons. The second kappa shape index (κ2) is 10.9. The highest BCUT2D eigenvalue weighted by atomic mass is 16.1. The van der Waals surface area contributed by atoms with Gasteiger partial charge in [0.2, 0.25) is 0 Å². The molecule has 0 heterocycles. The molecule has 0 aliphatic heterocycles. The zero-order valence-corrected chi connectivity index (χ0v) is 19.6. The van der Waals surface area contributed by atoms with Crippen molar-refractivity contribution < 1.29 is 9.59 Å². The van der Waals surface area contributed by atoms with Crippen LogP contribution >= 0.6 is 0 Å². The van der Waals surface area contributed by atoms with Crippen molar-refractivity contribution in [3.05, 3.63) is 64.9 Å². The van der Waals surface area contributed by atoms with Crippen LogP contribution in [0.5, 0.6) is 0 Å². The van der Waals surface area contributed by atoms with Crippen LogP contribution in [-0.2, 0) is 6.42 Å². The molecule has 0 fully saturated rings. The molecule has 1 atom stereocenters. The summed E-state index contributed by atoms with van der Waals surface area (Å²) >= 11 is 0. The summed E-state index contributed by atoms with van der Waals surface area (Å²) in [5, 5.41) is 3.18. The van der Waals surface area contributed by atoms with Gasteiger partial charge in [-0.2, -0.15) is 0 Å². The number of carbonyl (C=O) groups excluding carboxylic acids is 2. The van der Waals surface area contributed by atoms with Gasteiger partial charge in [0.15, 0.2) is 5.78 Å². The number of carbonyl (C=O) groups is 2. The van der Waals surface area contributed by atoms with Crippen molar-refractivity contribution in [1.82, 2.24) is 0 Å². The van der Waals surface area contributed by atoms with Crippen LogP contribution in [0.15, 0.2) is 37.0 Å². The summed E-state index contributed by atoms with van der Waals surface area (Å²) in [5.41, 5.74) is 12.7. The molecule has 1 unspecified atom stereocenters. The van der Waals surface area contributed by atoms with E-state index < -0.39 is 5.91 Å². The zero-order valence-electron chi connectivity index (χ0n) is 19.6. The maximum Gasteiger partial charge on any atom is 0.251 e. The second-order valence-corrected chi connectivity index (χ2v) is 8.22. The number of anilines is 1. The SMILES string of the molecule is C=CNc1c(C(N)=O)c(C)cc(-c2ccc(CCC)c(C(=O)CCC)c2)c1C(C)CC. The standard InChI is InChI=1S/C27H36N2O2/c1-7-11-19-13-14-20(16-21(19)23(30)12-8-2)22-15-18(6)25(27(28)31)26(29-10-4)24(22)17(5)9-3/h10,13-17,29H,4,7-9,11-12H2,1-3,5-6H3,(H2,28,31). The Balaban J connectivity index is 2.86. The minimum atomic E-state index is -0.463. The molecule has 3 N–H and O–H groups in total. The summed E-state index contributed by atoms with van der Waals surface area (Å²) in [4.78, 5) is 25.2. The number of aryl methyl sites for hydroxylation is 2. The average molecular weight is 421 g/mol. The molecule has 2 aromatic rings. The molecule has 2 aromatic carbocycles. The lowest BCUT2D eigenvalue weighted by atomic mass is 9.83. The Morgan fingerprint density at radius 1 is 1.16 bits per heavy atom. The van der Waals surface area contributed by atoms with E-state index in [-0.39, 0.29) is 11.7 Å². The number of nitrogens with two attached hydrogens (primary N) is 1. The fraction of sp³-hybridized carbons (Fsp3) is 0.407. The van der Waals surface area contributed by atoms with E-state index in [0.717, 1.165) is 59.1 Å². The number of rotatable bonds is 11. The molecular formula is C27H36N2O2. The summed E-state index contributed by atoms with van der Waals surface area (Å²) in [6, 6.07) is 8.24. The predicted octanol–water partition coefficient (Wildman–Crippen LogP) is 6.77. The molecule has 0 spiro atoms. The van der Waals surface area contributed by atoms with Gasteiger partial charge in [0.1, 0.15) is 0 Å². The van der Waals surface area contributed by atoms with E-state index in [2.05, 4.69) is 44.8 Å². The number of amides is 1. The van der Waals surface area contributed by atoms with E-state index in [4.69, 9.17) is 5.73 Å². The van der Waals surface area contributed by atoms with Crippen LogP contribution in [0.4, 0.5) is 5.69 Å². The maximum absolute atomic E-state index is 12.9. The molecule has 0 saturated carbocycles. The molecule has 31 heavy (non-hydrogen) atoms. The molecule has 0 aliphatic carbocycles. The van der Waals surface area contributed by atoms with Gasteiger partial charge in [0.25, 0.3) is 5.91 Å². The van der Waals surface area contributed by atoms with Gasteiger partial charge >= 0.3 is 0 Å². The summed E-state index contributed by atoms with van der Waals surface area (Å²) in [6.45, 7) is 14.1. The van der Waals surface area contributed by atoms with Gasteiger partial charge in [-0.25, -0.2) is 0 Å². The second-order valence-electron chi connectivity index (χ2n) is 8.22. The van der Waals surface area contributed by atoms with Crippen molar-refractivity contribution in [2.45, 2.75) is 72.6 Å². The summed E-state index contributed by atoms with van der Waals surface area (Å²) < 4.78 is 0. The molecule has 4 nitrogen and oxygen atoms in total. The minimum Gasteiger partial charge on any atom is -0.366 e. The van der Waals surface area contributed by atoms with E-state index in [1.165, 1.54) is 0 Å². The zero-order chi connectivity index (χ0) is 23.1. The van der Waals surface area contributed by atoms with Gasteiger partial charge in [-0.05, 0) is 72.2 Å². The van der Waals surface area contributed by atoms with E-state index in [9.17, 15) is 9.59 Å². The largest absolute Gasteiger partial charge is 0.366 e. The van der Waals surface area contributed by atoms with Crippen molar-refractivity contribution in [3.63, 3.8) is 0 Å². The van der Waals surface area contributed by atoms with Gasteiger partial charge in [-0.15, -0.1) is 0 Å².